The Labute approximate surface area is 114 Å². The van der Waals surface area contributed by atoms with Crippen LogP contribution in [0.1, 0.15) is 38.5 Å². The van der Waals surface area contributed by atoms with Crippen LogP contribution < -0.4 is 5.32 Å². The number of hydrogen-bond donors (Lipinski definition) is 2. The van der Waals surface area contributed by atoms with Crippen LogP contribution in [0.25, 0.3) is 0 Å². The minimum absolute atomic E-state index is 0.403. The van der Waals surface area contributed by atoms with Gasteiger partial charge in [0.25, 0.3) is 0 Å². The van der Waals surface area contributed by atoms with Gasteiger partial charge in [0, 0.05) is 18.3 Å². The molecule has 102 valence electrons. The van der Waals surface area contributed by atoms with E-state index >= 15 is 0 Å². The summed E-state index contributed by atoms with van der Waals surface area (Å²) in [6.07, 6.45) is 8.39. The van der Waals surface area contributed by atoms with Crippen LogP contribution >= 0.6 is 11.8 Å². The summed E-state index contributed by atoms with van der Waals surface area (Å²) in [6, 6.07) is 0.729. The van der Waals surface area contributed by atoms with Gasteiger partial charge in [-0.15, -0.1) is 0 Å². The highest BCUT2D eigenvalue weighted by atomic mass is 32.2. The van der Waals surface area contributed by atoms with Crippen LogP contribution in [-0.4, -0.2) is 34.8 Å². The molecular weight excluding hydrogens is 242 g/mol. The zero-order valence-electron chi connectivity index (χ0n) is 11.1. The highest BCUT2D eigenvalue weighted by Gasteiger charge is 2.48. The van der Waals surface area contributed by atoms with Gasteiger partial charge in [-0.1, -0.05) is 0 Å². The first-order chi connectivity index (χ1) is 8.72. The molecule has 18 heavy (non-hydrogen) atoms. The zero-order valence-corrected chi connectivity index (χ0v) is 11.9. The predicted octanol–water partition coefficient (Wildman–Crippen LogP) is 2.27. The average molecular weight is 267 g/mol. The summed E-state index contributed by atoms with van der Waals surface area (Å²) in [7, 11) is 0. The first-order valence-corrected chi connectivity index (χ1v) is 8.91. The molecule has 0 aromatic carbocycles. The molecule has 1 aliphatic heterocycles. The number of rotatable bonds is 3. The van der Waals surface area contributed by atoms with E-state index in [2.05, 4.69) is 5.32 Å². The normalized spacial score (nSPS) is 54.2. The second-order valence-electron chi connectivity index (χ2n) is 7.36. The van der Waals surface area contributed by atoms with Crippen molar-refractivity contribution in [1.29, 1.82) is 0 Å². The molecule has 4 bridgehead atoms. The average Bonchev–Trinajstić information content (AvgIpc) is 2.75. The quantitative estimate of drug-likeness (QED) is 0.823. The molecule has 0 aromatic heterocycles. The summed E-state index contributed by atoms with van der Waals surface area (Å²) in [4.78, 5) is 0. The van der Waals surface area contributed by atoms with Crippen LogP contribution in [-0.2, 0) is 0 Å². The van der Waals surface area contributed by atoms with Gasteiger partial charge in [0.1, 0.15) is 0 Å². The summed E-state index contributed by atoms with van der Waals surface area (Å²) in [5, 5.41) is 14.2. The maximum absolute atomic E-state index is 10.5. The summed E-state index contributed by atoms with van der Waals surface area (Å²) in [6.45, 7) is 0.840. The topological polar surface area (TPSA) is 32.3 Å². The molecule has 2 nitrogen and oxygen atoms in total. The largest absolute Gasteiger partial charge is 0.388 e. The fraction of sp³-hybridized carbons (Fsp3) is 1.00. The van der Waals surface area contributed by atoms with Crippen molar-refractivity contribution in [2.75, 3.05) is 18.1 Å². The van der Waals surface area contributed by atoms with Crippen molar-refractivity contribution in [3.8, 4) is 0 Å². The minimum atomic E-state index is -0.403. The van der Waals surface area contributed by atoms with Crippen LogP contribution in [0.4, 0.5) is 0 Å². The summed E-state index contributed by atoms with van der Waals surface area (Å²) in [5.41, 5.74) is -0.403. The molecule has 0 spiro atoms. The highest BCUT2D eigenvalue weighted by Crippen LogP contribution is 2.53. The molecule has 1 saturated heterocycles. The van der Waals surface area contributed by atoms with Crippen molar-refractivity contribution < 1.29 is 5.11 Å². The molecule has 1 heterocycles. The lowest BCUT2D eigenvalue weighted by atomic mass is 9.54. The Morgan fingerprint density at radius 1 is 1.06 bits per heavy atom. The second kappa shape index (κ2) is 4.39. The van der Waals surface area contributed by atoms with Crippen molar-refractivity contribution in [3.63, 3.8) is 0 Å². The standard InChI is InChI=1S/C15H25NOS/c17-15(1-2-18-9-15)8-16-14-12-4-10-3-11(6-12)7-13(14)5-10/h10-14,16-17H,1-9H2. The Hall–Kier alpha value is 0.270. The third kappa shape index (κ3) is 2.03. The van der Waals surface area contributed by atoms with Crippen LogP contribution in [0.15, 0.2) is 0 Å². The van der Waals surface area contributed by atoms with E-state index in [0.717, 1.165) is 54.2 Å². The van der Waals surface area contributed by atoms with Crippen molar-refractivity contribution in [2.24, 2.45) is 23.7 Å². The molecule has 5 fully saturated rings. The number of hydrogen-bond acceptors (Lipinski definition) is 3. The Morgan fingerprint density at radius 2 is 1.72 bits per heavy atom. The van der Waals surface area contributed by atoms with Crippen molar-refractivity contribution in [2.45, 2.75) is 50.2 Å². The number of thioether (sulfide) groups is 1. The molecule has 1 unspecified atom stereocenters. The van der Waals surface area contributed by atoms with E-state index in [0.29, 0.717) is 0 Å². The van der Waals surface area contributed by atoms with Gasteiger partial charge >= 0.3 is 0 Å². The molecule has 0 aromatic rings. The molecule has 3 heteroatoms. The Balaban J connectivity index is 1.40. The Kier molecular flexibility index (Phi) is 2.94. The third-order valence-corrected chi connectivity index (χ3v) is 7.21. The van der Waals surface area contributed by atoms with Gasteiger partial charge in [-0.3, -0.25) is 0 Å². The van der Waals surface area contributed by atoms with Crippen LogP contribution in [0, 0.1) is 23.7 Å². The molecular formula is C15H25NOS. The van der Waals surface area contributed by atoms with Gasteiger partial charge < -0.3 is 10.4 Å². The lowest BCUT2D eigenvalue weighted by Crippen LogP contribution is -2.57. The monoisotopic (exact) mass is 267 g/mol. The zero-order chi connectivity index (χ0) is 12.2. The van der Waals surface area contributed by atoms with Gasteiger partial charge in [-0.2, -0.15) is 11.8 Å². The van der Waals surface area contributed by atoms with Crippen molar-refractivity contribution in [1.82, 2.24) is 5.32 Å². The van der Waals surface area contributed by atoms with Gasteiger partial charge in [0.15, 0.2) is 0 Å². The first-order valence-electron chi connectivity index (χ1n) is 7.75. The van der Waals surface area contributed by atoms with Crippen LogP contribution in [0.3, 0.4) is 0 Å². The van der Waals surface area contributed by atoms with Crippen LogP contribution in [0.5, 0.6) is 0 Å². The molecule has 0 amide bonds. The maximum Gasteiger partial charge on any atom is 0.0869 e. The molecule has 2 N–H and O–H groups in total. The van der Waals surface area contributed by atoms with Gasteiger partial charge in [0.05, 0.1) is 5.60 Å². The number of aliphatic hydroxyl groups is 1. The Morgan fingerprint density at radius 3 is 2.28 bits per heavy atom. The van der Waals surface area contributed by atoms with Crippen molar-refractivity contribution in [3.05, 3.63) is 0 Å². The molecule has 1 atom stereocenters. The second-order valence-corrected chi connectivity index (χ2v) is 8.47. The van der Waals surface area contributed by atoms with E-state index in [-0.39, 0.29) is 0 Å². The molecule has 5 rings (SSSR count). The fourth-order valence-electron chi connectivity index (χ4n) is 5.30. The smallest absolute Gasteiger partial charge is 0.0869 e. The van der Waals surface area contributed by atoms with E-state index < -0.39 is 5.60 Å². The molecule has 4 saturated carbocycles. The van der Waals surface area contributed by atoms with E-state index in [1.807, 2.05) is 11.8 Å². The van der Waals surface area contributed by atoms with E-state index in [4.69, 9.17) is 0 Å². The van der Waals surface area contributed by atoms with E-state index in [9.17, 15) is 5.11 Å². The van der Waals surface area contributed by atoms with Gasteiger partial charge in [-0.05, 0) is 67.9 Å². The predicted molar refractivity (Wildman–Crippen MR) is 75.7 cm³/mol. The lowest BCUT2D eigenvalue weighted by Gasteiger charge is -2.55. The van der Waals surface area contributed by atoms with Crippen molar-refractivity contribution >= 4 is 11.8 Å². The summed E-state index contributed by atoms with van der Waals surface area (Å²) in [5.74, 6) is 6.04. The lowest BCUT2D eigenvalue weighted by molar-refractivity contribution is -0.0243. The summed E-state index contributed by atoms with van der Waals surface area (Å²) < 4.78 is 0. The van der Waals surface area contributed by atoms with Gasteiger partial charge in [0.2, 0.25) is 0 Å². The highest BCUT2D eigenvalue weighted by molar-refractivity contribution is 7.99. The van der Waals surface area contributed by atoms with Crippen LogP contribution in [0.2, 0.25) is 0 Å². The van der Waals surface area contributed by atoms with E-state index in [1.165, 1.54) is 32.1 Å². The van der Waals surface area contributed by atoms with Gasteiger partial charge in [-0.25, -0.2) is 0 Å². The minimum Gasteiger partial charge on any atom is -0.388 e. The molecule has 5 aliphatic rings. The fourth-order valence-corrected chi connectivity index (χ4v) is 6.60. The summed E-state index contributed by atoms with van der Waals surface area (Å²) >= 11 is 1.91. The molecule has 4 aliphatic carbocycles. The Bertz CT molecular complexity index is 298. The van der Waals surface area contributed by atoms with E-state index in [1.54, 1.807) is 0 Å². The SMILES string of the molecule is OC1(CNC2C3CC4CC(C3)CC2C4)CCSC1. The third-order valence-electron chi connectivity index (χ3n) is 5.98. The maximum atomic E-state index is 10.5. The number of nitrogens with one attached hydrogen (secondary N) is 1. The molecule has 0 radical (unpaired) electrons. The first kappa shape index (κ1) is 12.0.